The Hall–Kier alpha value is -0.930. The van der Waals surface area contributed by atoms with Crippen molar-refractivity contribution in [2.45, 2.75) is 13.5 Å². The summed E-state index contributed by atoms with van der Waals surface area (Å²) in [6.45, 7) is 4.49. The van der Waals surface area contributed by atoms with E-state index in [1.54, 1.807) is 7.11 Å². The molecule has 13 heavy (non-hydrogen) atoms. The molecule has 0 bridgehead atoms. The third-order valence-electron chi connectivity index (χ3n) is 1.89. The van der Waals surface area contributed by atoms with Crippen LogP contribution in [0.5, 0.6) is 0 Å². The molecule has 0 aromatic carbocycles. The Morgan fingerprint density at radius 3 is 3.08 bits per heavy atom. The van der Waals surface area contributed by atoms with Gasteiger partial charge in [-0.05, 0) is 18.6 Å². The van der Waals surface area contributed by atoms with Crippen LogP contribution in [-0.2, 0) is 11.3 Å². The summed E-state index contributed by atoms with van der Waals surface area (Å²) in [6, 6.07) is 4.02. The molecule has 0 amide bonds. The topological polar surface area (TPSA) is 34.1 Å². The third kappa shape index (κ3) is 3.53. The normalized spacial score (nSPS) is 10.3. The van der Waals surface area contributed by atoms with Crippen LogP contribution in [0.25, 0.3) is 0 Å². The number of ether oxygens (including phenoxy) is 1. The molecular formula is C10H16N2O. The summed E-state index contributed by atoms with van der Waals surface area (Å²) >= 11 is 0. The van der Waals surface area contributed by atoms with Gasteiger partial charge >= 0.3 is 0 Å². The standard InChI is InChI=1S/C10H16N2O/c1-9-4-3-5-12-10(9)8-11-6-7-13-2/h3-5,11H,6-8H2,1-2H3. The fourth-order valence-corrected chi connectivity index (χ4v) is 1.08. The highest BCUT2D eigenvalue weighted by Crippen LogP contribution is 2.01. The predicted molar refractivity (Wildman–Crippen MR) is 52.6 cm³/mol. The van der Waals surface area contributed by atoms with Crippen LogP contribution in [0.4, 0.5) is 0 Å². The lowest BCUT2D eigenvalue weighted by molar-refractivity contribution is 0.199. The van der Waals surface area contributed by atoms with Crippen molar-refractivity contribution in [3.05, 3.63) is 29.6 Å². The molecule has 1 N–H and O–H groups in total. The molecule has 0 radical (unpaired) electrons. The maximum absolute atomic E-state index is 4.93. The summed E-state index contributed by atoms with van der Waals surface area (Å²) in [5.74, 6) is 0. The molecular weight excluding hydrogens is 164 g/mol. The minimum Gasteiger partial charge on any atom is -0.383 e. The van der Waals surface area contributed by atoms with E-state index in [9.17, 15) is 0 Å². The zero-order chi connectivity index (χ0) is 9.52. The van der Waals surface area contributed by atoms with Crippen LogP contribution >= 0.6 is 0 Å². The number of rotatable bonds is 5. The van der Waals surface area contributed by atoms with E-state index >= 15 is 0 Å². The van der Waals surface area contributed by atoms with Crippen molar-refractivity contribution in [1.29, 1.82) is 0 Å². The van der Waals surface area contributed by atoms with Gasteiger partial charge in [-0.15, -0.1) is 0 Å². The van der Waals surface area contributed by atoms with E-state index in [0.29, 0.717) is 0 Å². The van der Waals surface area contributed by atoms with Gasteiger partial charge in [0.25, 0.3) is 0 Å². The number of pyridine rings is 1. The molecule has 0 atom stereocenters. The first-order chi connectivity index (χ1) is 6.34. The van der Waals surface area contributed by atoms with Gasteiger partial charge in [0, 0.05) is 26.4 Å². The molecule has 0 aliphatic rings. The molecule has 0 spiro atoms. The summed E-state index contributed by atoms with van der Waals surface area (Å²) in [5, 5.41) is 3.26. The fraction of sp³-hybridized carbons (Fsp3) is 0.500. The molecule has 3 nitrogen and oxygen atoms in total. The average molecular weight is 180 g/mol. The Bertz CT molecular complexity index is 250. The van der Waals surface area contributed by atoms with Gasteiger partial charge in [0.05, 0.1) is 12.3 Å². The Morgan fingerprint density at radius 1 is 1.54 bits per heavy atom. The van der Waals surface area contributed by atoms with Crippen LogP contribution in [0.15, 0.2) is 18.3 Å². The fourth-order valence-electron chi connectivity index (χ4n) is 1.08. The molecule has 1 heterocycles. The number of hydrogen-bond donors (Lipinski definition) is 1. The molecule has 0 aliphatic heterocycles. The quantitative estimate of drug-likeness (QED) is 0.690. The number of nitrogens with one attached hydrogen (secondary N) is 1. The van der Waals surface area contributed by atoms with Gasteiger partial charge in [-0.3, -0.25) is 4.98 Å². The van der Waals surface area contributed by atoms with Gasteiger partial charge in [0.15, 0.2) is 0 Å². The van der Waals surface area contributed by atoms with E-state index in [0.717, 1.165) is 25.4 Å². The molecule has 0 saturated heterocycles. The van der Waals surface area contributed by atoms with E-state index in [-0.39, 0.29) is 0 Å². The molecule has 3 heteroatoms. The maximum atomic E-state index is 4.93. The van der Waals surface area contributed by atoms with Gasteiger partial charge in [-0.2, -0.15) is 0 Å². The van der Waals surface area contributed by atoms with Crippen molar-refractivity contribution >= 4 is 0 Å². The molecule has 1 aromatic heterocycles. The lowest BCUT2D eigenvalue weighted by Gasteiger charge is -2.05. The first-order valence-electron chi connectivity index (χ1n) is 4.44. The minimum atomic E-state index is 0.742. The second kappa shape index (κ2) is 5.67. The van der Waals surface area contributed by atoms with Gasteiger partial charge in [-0.25, -0.2) is 0 Å². The maximum Gasteiger partial charge on any atom is 0.0587 e. The van der Waals surface area contributed by atoms with Gasteiger partial charge in [0.2, 0.25) is 0 Å². The van der Waals surface area contributed by atoms with Crippen LogP contribution in [0, 0.1) is 6.92 Å². The zero-order valence-corrected chi connectivity index (χ0v) is 8.21. The molecule has 1 rings (SSSR count). The predicted octanol–water partition coefficient (Wildman–Crippen LogP) is 1.13. The highest BCUT2D eigenvalue weighted by Gasteiger charge is 1.96. The Balaban J connectivity index is 2.32. The summed E-state index contributed by atoms with van der Waals surface area (Å²) < 4.78 is 4.93. The van der Waals surface area contributed by atoms with E-state index in [1.807, 2.05) is 12.3 Å². The van der Waals surface area contributed by atoms with E-state index in [4.69, 9.17) is 4.74 Å². The second-order valence-electron chi connectivity index (χ2n) is 2.94. The Kier molecular flexibility index (Phi) is 4.43. The molecule has 0 aliphatic carbocycles. The highest BCUT2D eigenvalue weighted by atomic mass is 16.5. The number of nitrogens with zero attached hydrogens (tertiary/aromatic N) is 1. The molecule has 0 unspecified atom stereocenters. The molecule has 1 aromatic rings. The van der Waals surface area contributed by atoms with Crippen molar-refractivity contribution in [3.63, 3.8) is 0 Å². The molecule has 72 valence electrons. The van der Waals surface area contributed by atoms with Crippen LogP contribution in [0.1, 0.15) is 11.3 Å². The number of methoxy groups -OCH3 is 1. The van der Waals surface area contributed by atoms with Crippen molar-refractivity contribution < 1.29 is 4.74 Å². The van der Waals surface area contributed by atoms with Crippen molar-refractivity contribution in [3.8, 4) is 0 Å². The summed E-state index contributed by atoms with van der Waals surface area (Å²) in [6.07, 6.45) is 1.82. The first kappa shape index (κ1) is 10.2. The van der Waals surface area contributed by atoms with Crippen molar-refractivity contribution in [1.82, 2.24) is 10.3 Å². The van der Waals surface area contributed by atoms with Crippen molar-refractivity contribution in [2.75, 3.05) is 20.3 Å². The molecule has 0 saturated carbocycles. The van der Waals surface area contributed by atoms with Gasteiger partial charge in [0.1, 0.15) is 0 Å². The van der Waals surface area contributed by atoms with E-state index in [1.165, 1.54) is 5.56 Å². The summed E-state index contributed by atoms with van der Waals surface area (Å²) in [7, 11) is 1.70. The Morgan fingerprint density at radius 2 is 2.38 bits per heavy atom. The van der Waals surface area contributed by atoms with E-state index < -0.39 is 0 Å². The van der Waals surface area contributed by atoms with Gasteiger partial charge in [-0.1, -0.05) is 6.07 Å². The SMILES string of the molecule is COCCNCc1ncccc1C. The summed E-state index contributed by atoms with van der Waals surface area (Å²) in [5.41, 5.74) is 2.34. The number of aromatic nitrogens is 1. The van der Waals surface area contributed by atoms with Crippen molar-refractivity contribution in [2.24, 2.45) is 0 Å². The Labute approximate surface area is 79.1 Å². The largest absolute Gasteiger partial charge is 0.383 e. The first-order valence-corrected chi connectivity index (χ1v) is 4.44. The van der Waals surface area contributed by atoms with Crippen LogP contribution < -0.4 is 5.32 Å². The second-order valence-corrected chi connectivity index (χ2v) is 2.94. The van der Waals surface area contributed by atoms with Crippen LogP contribution in [0.2, 0.25) is 0 Å². The van der Waals surface area contributed by atoms with Crippen LogP contribution in [0.3, 0.4) is 0 Å². The average Bonchev–Trinajstić information content (AvgIpc) is 2.15. The number of hydrogen-bond acceptors (Lipinski definition) is 3. The summed E-state index contributed by atoms with van der Waals surface area (Å²) in [4.78, 5) is 4.27. The third-order valence-corrected chi connectivity index (χ3v) is 1.89. The number of aryl methyl sites for hydroxylation is 1. The smallest absolute Gasteiger partial charge is 0.0587 e. The van der Waals surface area contributed by atoms with Crippen LogP contribution in [-0.4, -0.2) is 25.2 Å². The lowest BCUT2D eigenvalue weighted by Crippen LogP contribution is -2.19. The molecule has 0 fully saturated rings. The van der Waals surface area contributed by atoms with Gasteiger partial charge < -0.3 is 10.1 Å². The highest BCUT2D eigenvalue weighted by molar-refractivity contribution is 5.17. The zero-order valence-electron chi connectivity index (χ0n) is 8.21. The minimum absolute atomic E-state index is 0.742. The lowest BCUT2D eigenvalue weighted by atomic mass is 10.2. The van der Waals surface area contributed by atoms with E-state index in [2.05, 4.69) is 23.3 Å². The monoisotopic (exact) mass is 180 g/mol.